The molecule has 0 bridgehead atoms. The summed E-state index contributed by atoms with van der Waals surface area (Å²) in [7, 11) is 0. The van der Waals surface area contributed by atoms with Crippen LogP contribution in [0.4, 0.5) is 0 Å². The molecule has 0 aliphatic carbocycles. The SMILES string of the molecule is CC(C)(C)NC(=S)NC(=O)c1ccc(OCCc2ccccc2)cc1. The topological polar surface area (TPSA) is 50.4 Å². The molecule has 0 radical (unpaired) electrons. The Morgan fingerprint density at radius 1 is 1.04 bits per heavy atom. The van der Waals surface area contributed by atoms with Crippen molar-refractivity contribution in [1.29, 1.82) is 0 Å². The lowest BCUT2D eigenvalue weighted by Crippen LogP contribution is -2.48. The standard InChI is InChI=1S/C20H24N2O2S/c1-20(2,3)22-19(25)21-18(23)16-9-11-17(12-10-16)24-14-13-15-7-5-4-6-8-15/h4-12H,13-14H2,1-3H3,(H2,21,22,23,25). The average molecular weight is 356 g/mol. The van der Waals surface area contributed by atoms with Crippen LogP contribution in [-0.2, 0) is 6.42 Å². The van der Waals surface area contributed by atoms with Crippen LogP contribution < -0.4 is 15.4 Å². The predicted octanol–water partition coefficient (Wildman–Crippen LogP) is 3.71. The van der Waals surface area contributed by atoms with Gasteiger partial charge >= 0.3 is 0 Å². The number of hydrogen-bond acceptors (Lipinski definition) is 3. The van der Waals surface area contributed by atoms with Crippen LogP contribution in [0.2, 0.25) is 0 Å². The molecule has 2 rings (SSSR count). The quantitative estimate of drug-likeness (QED) is 0.802. The van der Waals surface area contributed by atoms with Crippen molar-refractivity contribution >= 4 is 23.2 Å². The van der Waals surface area contributed by atoms with Crippen molar-refractivity contribution in [1.82, 2.24) is 10.6 Å². The van der Waals surface area contributed by atoms with Gasteiger partial charge in [-0.2, -0.15) is 0 Å². The van der Waals surface area contributed by atoms with Crippen LogP contribution in [0.15, 0.2) is 54.6 Å². The molecule has 2 aromatic rings. The molecule has 2 N–H and O–H groups in total. The minimum Gasteiger partial charge on any atom is -0.493 e. The van der Waals surface area contributed by atoms with Gasteiger partial charge in [0.25, 0.3) is 5.91 Å². The van der Waals surface area contributed by atoms with Crippen molar-refractivity contribution in [2.24, 2.45) is 0 Å². The molecule has 132 valence electrons. The Morgan fingerprint density at radius 2 is 1.68 bits per heavy atom. The molecule has 0 unspecified atom stereocenters. The second-order valence-electron chi connectivity index (χ2n) is 6.77. The minimum atomic E-state index is -0.238. The highest BCUT2D eigenvalue weighted by molar-refractivity contribution is 7.80. The first-order chi connectivity index (χ1) is 11.8. The zero-order chi connectivity index (χ0) is 18.3. The van der Waals surface area contributed by atoms with Gasteiger partial charge in [-0.15, -0.1) is 0 Å². The fourth-order valence-electron chi connectivity index (χ4n) is 2.18. The summed E-state index contributed by atoms with van der Waals surface area (Å²) < 4.78 is 5.72. The van der Waals surface area contributed by atoms with E-state index in [0.29, 0.717) is 17.3 Å². The molecule has 0 aliphatic rings. The van der Waals surface area contributed by atoms with Crippen LogP contribution in [0.3, 0.4) is 0 Å². The number of carbonyl (C=O) groups excluding carboxylic acids is 1. The number of amides is 1. The molecule has 0 spiro atoms. The fraction of sp³-hybridized carbons (Fsp3) is 0.300. The highest BCUT2D eigenvalue weighted by Crippen LogP contribution is 2.13. The monoisotopic (exact) mass is 356 g/mol. The number of hydrogen-bond donors (Lipinski definition) is 2. The van der Waals surface area contributed by atoms with Gasteiger partial charge in [0, 0.05) is 17.5 Å². The molecule has 2 aromatic carbocycles. The summed E-state index contributed by atoms with van der Waals surface area (Å²) in [5.41, 5.74) is 1.58. The molecular weight excluding hydrogens is 332 g/mol. The van der Waals surface area contributed by atoms with Crippen molar-refractivity contribution in [3.8, 4) is 5.75 Å². The van der Waals surface area contributed by atoms with Crippen molar-refractivity contribution in [3.63, 3.8) is 0 Å². The number of ether oxygens (including phenoxy) is 1. The summed E-state index contributed by atoms with van der Waals surface area (Å²) in [4.78, 5) is 12.2. The number of benzene rings is 2. The Kier molecular flexibility index (Phi) is 6.53. The first-order valence-electron chi connectivity index (χ1n) is 8.24. The molecule has 0 aromatic heterocycles. The first-order valence-corrected chi connectivity index (χ1v) is 8.64. The van der Waals surface area contributed by atoms with E-state index in [1.54, 1.807) is 24.3 Å². The predicted molar refractivity (Wildman–Crippen MR) is 105 cm³/mol. The van der Waals surface area contributed by atoms with Gasteiger partial charge in [-0.1, -0.05) is 30.3 Å². The molecule has 0 saturated carbocycles. The van der Waals surface area contributed by atoms with Crippen LogP contribution >= 0.6 is 12.2 Å². The Labute approximate surface area is 154 Å². The van der Waals surface area contributed by atoms with Crippen LogP contribution in [-0.4, -0.2) is 23.2 Å². The normalized spacial score (nSPS) is 10.8. The van der Waals surface area contributed by atoms with E-state index in [2.05, 4.69) is 22.8 Å². The molecule has 0 fully saturated rings. The summed E-state index contributed by atoms with van der Waals surface area (Å²) in [6, 6.07) is 17.2. The van der Waals surface area contributed by atoms with E-state index in [4.69, 9.17) is 17.0 Å². The highest BCUT2D eigenvalue weighted by atomic mass is 32.1. The molecule has 5 heteroatoms. The van der Waals surface area contributed by atoms with Crippen molar-refractivity contribution in [2.45, 2.75) is 32.7 Å². The van der Waals surface area contributed by atoms with Crippen LogP contribution in [0, 0.1) is 0 Å². The van der Waals surface area contributed by atoms with Gasteiger partial charge in [0.05, 0.1) is 6.61 Å². The van der Waals surface area contributed by atoms with Gasteiger partial charge < -0.3 is 10.1 Å². The molecule has 0 atom stereocenters. The molecule has 0 aliphatic heterocycles. The van der Waals surface area contributed by atoms with E-state index in [0.717, 1.165) is 12.2 Å². The smallest absolute Gasteiger partial charge is 0.257 e. The third-order valence-electron chi connectivity index (χ3n) is 3.33. The average Bonchev–Trinajstić information content (AvgIpc) is 2.54. The summed E-state index contributed by atoms with van der Waals surface area (Å²) in [5, 5.41) is 6.05. The number of rotatable bonds is 5. The fourth-order valence-corrected chi connectivity index (χ4v) is 2.58. The van der Waals surface area contributed by atoms with Crippen LogP contribution in [0.1, 0.15) is 36.7 Å². The number of carbonyl (C=O) groups is 1. The zero-order valence-electron chi connectivity index (χ0n) is 14.8. The van der Waals surface area contributed by atoms with Gasteiger partial charge in [-0.05, 0) is 62.8 Å². The van der Waals surface area contributed by atoms with Gasteiger partial charge in [-0.3, -0.25) is 10.1 Å². The lowest BCUT2D eigenvalue weighted by molar-refractivity contribution is 0.0976. The van der Waals surface area contributed by atoms with E-state index in [1.807, 2.05) is 39.0 Å². The lowest BCUT2D eigenvalue weighted by atomic mass is 10.1. The Morgan fingerprint density at radius 3 is 2.28 bits per heavy atom. The maximum absolute atomic E-state index is 12.2. The van der Waals surface area contributed by atoms with Crippen molar-refractivity contribution in [3.05, 3.63) is 65.7 Å². The maximum atomic E-state index is 12.2. The Balaban J connectivity index is 1.82. The summed E-state index contributed by atoms with van der Waals surface area (Å²) in [5.74, 6) is 0.500. The van der Waals surface area contributed by atoms with E-state index in [1.165, 1.54) is 5.56 Å². The molecular formula is C20H24N2O2S. The second kappa shape index (κ2) is 8.62. The van der Waals surface area contributed by atoms with E-state index in [-0.39, 0.29) is 11.4 Å². The number of nitrogens with one attached hydrogen (secondary N) is 2. The number of thiocarbonyl (C=S) groups is 1. The second-order valence-corrected chi connectivity index (χ2v) is 7.17. The molecule has 25 heavy (non-hydrogen) atoms. The van der Waals surface area contributed by atoms with Gasteiger partial charge in [0.15, 0.2) is 5.11 Å². The maximum Gasteiger partial charge on any atom is 0.257 e. The van der Waals surface area contributed by atoms with Crippen LogP contribution in [0.25, 0.3) is 0 Å². The lowest BCUT2D eigenvalue weighted by Gasteiger charge is -2.22. The summed E-state index contributed by atoms with van der Waals surface area (Å²) in [6.07, 6.45) is 0.843. The third kappa shape index (κ3) is 6.93. The summed E-state index contributed by atoms with van der Waals surface area (Å²) in [6.45, 7) is 6.53. The summed E-state index contributed by atoms with van der Waals surface area (Å²) >= 11 is 5.14. The molecule has 0 heterocycles. The van der Waals surface area contributed by atoms with E-state index >= 15 is 0 Å². The minimum absolute atomic E-state index is 0.194. The van der Waals surface area contributed by atoms with Crippen LogP contribution in [0.5, 0.6) is 5.75 Å². The van der Waals surface area contributed by atoms with Gasteiger partial charge in [0.2, 0.25) is 0 Å². The zero-order valence-corrected chi connectivity index (χ0v) is 15.7. The molecule has 4 nitrogen and oxygen atoms in total. The first kappa shape index (κ1) is 18.9. The Bertz CT molecular complexity index is 707. The largest absolute Gasteiger partial charge is 0.493 e. The molecule has 0 saturated heterocycles. The third-order valence-corrected chi connectivity index (χ3v) is 3.54. The van der Waals surface area contributed by atoms with Crippen molar-refractivity contribution in [2.75, 3.05) is 6.61 Å². The van der Waals surface area contributed by atoms with Gasteiger partial charge in [-0.25, -0.2) is 0 Å². The highest BCUT2D eigenvalue weighted by Gasteiger charge is 2.14. The van der Waals surface area contributed by atoms with Gasteiger partial charge in [0.1, 0.15) is 5.75 Å². The van der Waals surface area contributed by atoms with E-state index in [9.17, 15) is 4.79 Å². The Hall–Kier alpha value is -2.40. The van der Waals surface area contributed by atoms with E-state index < -0.39 is 0 Å². The molecule has 1 amide bonds. The van der Waals surface area contributed by atoms with Crippen molar-refractivity contribution < 1.29 is 9.53 Å².